The minimum Gasteiger partial charge on any atom is -0.479 e. The van der Waals surface area contributed by atoms with E-state index in [0.717, 1.165) is 22.3 Å². The van der Waals surface area contributed by atoms with Gasteiger partial charge in [0.15, 0.2) is 0 Å². The van der Waals surface area contributed by atoms with Crippen molar-refractivity contribution in [3.8, 4) is 11.1 Å². The molecule has 2 aliphatic heterocycles. The van der Waals surface area contributed by atoms with Crippen LogP contribution >= 0.6 is 0 Å². The Kier molecular flexibility index (Phi) is 5.59. The number of nitrogens with one attached hydrogen (secondary N) is 1. The lowest BCUT2D eigenvalue weighted by atomic mass is 9.63. The van der Waals surface area contributed by atoms with E-state index in [2.05, 4.69) is 17.4 Å². The summed E-state index contributed by atoms with van der Waals surface area (Å²) in [6.07, 6.45) is -0.573. The SMILES string of the molecule is COC(C)C(NC(=O)OCC1c2ccccc2-c2ccccc21)C(=O)N1CC2(C)CC1(C(=O)O)C2. The maximum Gasteiger partial charge on any atom is 0.407 e. The number of carbonyl (C=O) groups is 3. The molecule has 1 saturated carbocycles. The van der Waals surface area contributed by atoms with Gasteiger partial charge in [-0.2, -0.15) is 0 Å². The molecule has 2 aromatic rings. The Bertz CT molecular complexity index is 1140. The third-order valence-electron chi connectivity index (χ3n) is 7.88. The molecular weight excluding hydrogens is 448 g/mol. The fourth-order valence-electron chi connectivity index (χ4n) is 6.20. The summed E-state index contributed by atoms with van der Waals surface area (Å²) in [5.74, 6) is -1.58. The fourth-order valence-corrected chi connectivity index (χ4v) is 6.20. The quantitative estimate of drug-likeness (QED) is 0.632. The third kappa shape index (κ3) is 3.67. The summed E-state index contributed by atoms with van der Waals surface area (Å²) in [6, 6.07) is 15.0. The second-order valence-corrected chi connectivity index (χ2v) is 10.3. The van der Waals surface area contributed by atoms with E-state index >= 15 is 0 Å². The number of fused-ring (bicyclic) bond motifs is 4. The highest BCUT2D eigenvalue weighted by Gasteiger charge is 2.69. The lowest BCUT2D eigenvalue weighted by Crippen LogP contribution is -2.61. The summed E-state index contributed by atoms with van der Waals surface area (Å²) in [4.78, 5) is 39.8. The zero-order valence-electron chi connectivity index (χ0n) is 20.1. The van der Waals surface area contributed by atoms with Crippen LogP contribution in [0.1, 0.15) is 43.7 Å². The second-order valence-electron chi connectivity index (χ2n) is 10.3. The van der Waals surface area contributed by atoms with E-state index in [9.17, 15) is 19.5 Å². The summed E-state index contributed by atoms with van der Waals surface area (Å²) >= 11 is 0. The predicted molar refractivity (Wildman–Crippen MR) is 128 cm³/mol. The minimum atomic E-state index is -1.21. The molecule has 8 heteroatoms. The molecule has 184 valence electrons. The van der Waals surface area contributed by atoms with Gasteiger partial charge < -0.3 is 24.8 Å². The molecule has 35 heavy (non-hydrogen) atoms. The summed E-state index contributed by atoms with van der Waals surface area (Å²) in [5, 5.41) is 12.5. The summed E-state index contributed by atoms with van der Waals surface area (Å²) < 4.78 is 11.0. The van der Waals surface area contributed by atoms with Crippen molar-refractivity contribution in [2.45, 2.75) is 50.3 Å². The first kappa shape index (κ1) is 23.4. The normalized spacial score (nSPS) is 25.7. The van der Waals surface area contributed by atoms with Gasteiger partial charge >= 0.3 is 12.1 Å². The van der Waals surface area contributed by atoms with Crippen LogP contribution in [0.4, 0.5) is 4.79 Å². The second kappa shape index (κ2) is 8.37. The molecule has 4 aliphatic rings. The first-order valence-electron chi connectivity index (χ1n) is 11.9. The molecule has 2 bridgehead atoms. The first-order valence-corrected chi connectivity index (χ1v) is 11.9. The van der Waals surface area contributed by atoms with Crippen molar-refractivity contribution in [3.05, 3.63) is 59.7 Å². The number of nitrogens with zero attached hydrogens (tertiary/aromatic N) is 1. The number of methoxy groups -OCH3 is 1. The van der Waals surface area contributed by atoms with Crippen LogP contribution in [0.2, 0.25) is 0 Å². The van der Waals surface area contributed by atoms with Crippen LogP contribution in [0.5, 0.6) is 0 Å². The van der Waals surface area contributed by atoms with Crippen molar-refractivity contribution < 1.29 is 29.0 Å². The molecule has 0 spiro atoms. The Balaban J connectivity index is 1.30. The summed E-state index contributed by atoms with van der Waals surface area (Å²) in [7, 11) is 1.45. The van der Waals surface area contributed by atoms with E-state index in [4.69, 9.17) is 9.47 Å². The number of alkyl carbamates (subject to hydrolysis) is 1. The molecule has 2 atom stereocenters. The van der Waals surface area contributed by atoms with Gasteiger partial charge in [-0.15, -0.1) is 0 Å². The lowest BCUT2D eigenvalue weighted by Gasteiger charge is -2.43. The topological polar surface area (TPSA) is 105 Å². The molecule has 2 unspecified atom stereocenters. The Hall–Kier alpha value is -3.39. The molecule has 0 aromatic heterocycles. The van der Waals surface area contributed by atoms with E-state index < -0.39 is 35.7 Å². The highest BCUT2D eigenvalue weighted by Crippen LogP contribution is 2.59. The van der Waals surface area contributed by atoms with E-state index in [1.165, 1.54) is 12.0 Å². The van der Waals surface area contributed by atoms with Gasteiger partial charge in [0.2, 0.25) is 5.91 Å². The van der Waals surface area contributed by atoms with Gasteiger partial charge in [0.25, 0.3) is 0 Å². The van der Waals surface area contributed by atoms with Gasteiger partial charge in [-0.3, -0.25) is 4.79 Å². The largest absolute Gasteiger partial charge is 0.479 e. The van der Waals surface area contributed by atoms with Crippen molar-refractivity contribution in [2.75, 3.05) is 20.3 Å². The maximum absolute atomic E-state index is 13.5. The highest BCUT2D eigenvalue weighted by molar-refractivity contribution is 5.94. The Morgan fingerprint density at radius 1 is 1.09 bits per heavy atom. The molecule has 2 saturated heterocycles. The van der Waals surface area contributed by atoms with E-state index in [-0.39, 0.29) is 17.9 Å². The van der Waals surface area contributed by atoms with Gasteiger partial charge in [-0.05, 0) is 47.4 Å². The molecule has 2 aromatic carbocycles. The molecule has 2 amide bonds. The number of ether oxygens (including phenoxy) is 2. The number of carbonyl (C=O) groups excluding carboxylic acids is 2. The number of carboxylic acids is 1. The number of hydrogen-bond acceptors (Lipinski definition) is 5. The van der Waals surface area contributed by atoms with Crippen molar-refractivity contribution in [1.82, 2.24) is 10.2 Å². The van der Waals surface area contributed by atoms with E-state index in [1.54, 1.807) is 6.92 Å². The molecule has 2 aliphatic carbocycles. The number of aliphatic carboxylic acids is 1. The van der Waals surface area contributed by atoms with Crippen molar-refractivity contribution in [1.29, 1.82) is 0 Å². The highest BCUT2D eigenvalue weighted by atomic mass is 16.5. The number of carboxylic acid groups (broad SMARTS) is 1. The smallest absolute Gasteiger partial charge is 0.407 e. The Morgan fingerprint density at radius 3 is 2.20 bits per heavy atom. The predicted octanol–water partition coefficient (Wildman–Crippen LogP) is 3.39. The van der Waals surface area contributed by atoms with Crippen LogP contribution in [-0.2, 0) is 19.1 Å². The van der Waals surface area contributed by atoms with Gasteiger partial charge in [0, 0.05) is 19.6 Å². The van der Waals surface area contributed by atoms with Gasteiger partial charge in [-0.1, -0.05) is 55.5 Å². The molecule has 2 heterocycles. The number of amides is 2. The standard InChI is InChI=1S/C27H30N2O6/c1-16(34-3)22(23(30)29-15-26(2)13-27(29,14-26)24(31)32)28-25(33)35-12-21-19-10-6-4-8-17(19)18-9-5-7-11-20(18)21/h4-11,16,21-22H,12-15H2,1-3H3,(H,28,33)(H,31,32). The summed E-state index contributed by atoms with van der Waals surface area (Å²) in [6.45, 7) is 4.11. The van der Waals surface area contributed by atoms with Crippen molar-refractivity contribution >= 4 is 18.0 Å². The van der Waals surface area contributed by atoms with Crippen LogP contribution in [0.15, 0.2) is 48.5 Å². The Morgan fingerprint density at radius 2 is 1.66 bits per heavy atom. The van der Waals surface area contributed by atoms with E-state index in [0.29, 0.717) is 19.4 Å². The molecule has 0 radical (unpaired) electrons. The number of rotatable bonds is 7. The zero-order chi connectivity index (χ0) is 25.0. The van der Waals surface area contributed by atoms with Crippen LogP contribution in [0.3, 0.4) is 0 Å². The molecule has 2 N–H and O–H groups in total. The van der Waals surface area contributed by atoms with Crippen LogP contribution in [0.25, 0.3) is 11.1 Å². The fraction of sp³-hybridized carbons (Fsp3) is 0.444. The molecule has 6 rings (SSSR count). The average molecular weight is 479 g/mol. The minimum absolute atomic E-state index is 0.108. The third-order valence-corrected chi connectivity index (χ3v) is 7.88. The van der Waals surface area contributed by atoms with Gasteiger partial charge in [0.1, 0.15) is 18.2 Å². The number of hydrogen-bond donors (Lipinski definition) is 2. The maximum atomic E-state index is 13.5. The van der Waals surface area contributed by atoms with Crippen LogP contribution in [-0.4, -0.2) is 65.9 Å². The lowest BCUT2D eigenvalue weighted by molar-refractivity contribution is -0.161. The van der Waals surface area contributed by atoms with E-state index in [1.807, 2.05) is 43.3 Å². The summed E-state index contributed by atoms with van der Waals surface area (Å²) in [5.41, 5.74) is 3.01. The van der Waals surface area contributed by atoms with Crippen molar-refractivity contribution in [3.63, 3.8) is 0 Å². The molecule has 3 fully saturated rings. The van der Waals surface area contributed by atoms with Crippen molar-refractivity contribution in [2.24, 2.45) is 5.41 Å². The molecular formula is C27H30N2O6. The van der Waals surface area contributed by atoms with Gasteiger partial charge in [-0.25, -0.2) is 9.59 Å². The van der Waals surface area contributed by atoms with Crippen LogP contribution in [0, 0.1) is 5.41 Å². The number of benzene rings is 2. The average Bonchev–Trinajstić information content (AvgIpc) is 3.44. The molecule has 8 nitrogen and oxygen atoms in total. The van der Waals surface area contributed by atoms with Gasteiger partial charge in [0.05, 0.1) is 6.10 Å². The monoisotopic (exact) mass is 478 g/mol. The Labute approximate surface area is 204 Å². The first-order chi connectivity index (χ1) is 16.7. The van der Waals surface area contributed by atoms with Crippen LogP contribution < -0.4 is 5.32 Å². The zero-order valence-corrected chi connectivity index (χ0v) is 20.1.